The number of aryl methyl sites for hydroxylation is 1. The molecule has 0 radical (unpaired) electrons. The summed E-state index contributed by atoms with van der Waals surface area (Å²) in [6.07, 6.45) is 12.1. The zero-order valence-electron chi connectivity index (χ0n) is 21.5. The Morgan fingerprint density at radius 3 is 1.94 bits per heavy atom. The SMILES string of the molecule is CC(C)(C)[Si](OCCCCCc1ccccc1C=CC=CCO)(c1ccccc1)c1ccccc1. The van der Waals surface area contributed by atoms with Gasteiger partial charge in [-0.1, -0.05) is 136 Å². The van der Waals surface area contributed by atoms with E-state index in [1.54, 1.807) is 6.08 Å². The fourth-order valence-corrected chi connectivity index (χ4v) is 9.41. The van der Waals surface area contributed by atoms with Crippen molar-refractivity contribution < 1.29 is 9.53 Å². The summed E-state index contributed by atoms with van der Waals surface area (Å²) in [5, 5.41) is 11.6. The van der Waals surface area contributed by atoms with E-state index in [1.807, 2.05) is 12.2 Å². The molecule has 2 nitrogen and oxygen atoms in total. The molecule has 3 heteroatoms. The van der Waals surface area contributed by atoms with Crippen LogP contribution >= 0.6 is 0 Å². The highest BCUT2D eigenvalue weighted by Gasteiger charge is 2.49. The topological polar surface area (TPSA) is 29.5 Å². The molecule has 184 valence electrons. The van der Waals surface area contributed by atoms with Gasteiger partial charge in [0.05, 0.1) is 6.61 Å². The smallest absolute Gasteiger partial charge is 0.261 e. The van der Waals surface area contributed by atoms with Gasteiger partial charge in [0.2, 0.25) is 0 Å². The molecule has 0 amide bonds. The van der Waals surface area contributed by atoms with E-state index in [-0.39, 0.29) is 11.6 Å². The van der Waals surface area contributed by atoms with Gasteiger partial charge < -0.3 is 9.53 Å². The lowest BCUT2D eigenvalue weighted by molar-refractivity contribution is 0.287. The van der Waals surface area contributed by atoms with Crippen LogP contribution in [-0.4, -0.2) is 26.6 Å². The first-order valence-corrected chi connectivity index (χ1v) is 14.7. The highest BCUT2D eigenvalue weighted by Crippen LogP contribution is 2.36. The van der Waals surface area contributed by atoms with Crippen LogP contribution in [0.2, 0.25) is 5.04 Å². The summed E-state index contributed by atoms with van der Waals surface area (Å²) in [7, 11) is -2.44. The first-order chi connectivity index (χ1) is 17.0. The van der Waals surface area contributed by atoms with Crippen molar-refractivity contribution in [3.63, 3.8) is 0 Å². The van der Waals surface area contributed by atoms with Crippen molar-refractivity contribution in [1.82, 2.24) is 0 Å². The van der Waals surface area contributed by atoms with Gasteiger partial charge in [-0.3, -0.25) is 0 Å². The number of allylic oxidation sites excluding steroid dienone is 2. The maximum atomic E-state index is 8.90. The van der Waals surface area contributed by atoms with Crippen LogP contribution in [-0.2, 0) is 10.8 Å². The second-order valence-electron chi connectivity index (χ2n) is 9.99. The third kappa shape index (κ3) is 7.14. The molecule has 0 aliphatic rings. The second-order valence-corrected chi connectivity index (χ2v) is 14.3. The minimum atomic E-state index is -2.44. The number of benzene rings is 3. The Hall–Kier alpha value is -2.72. The minimum absolute atomic E-state index is 0.0193. The molecule has 0 bridgehead atoms. The molecule has 0 atom stereocenters. The average Bonchev–Trinajstić information content (AvgIpc) is 2.87. The maximum absolute atomic E-state index is 8.90. The van der Waals surface area contributed by atoms with E-state index in [1.165, 1.54) is 21.5 Å². The zero-order valence-corrected chi connectivity index (χ0v) is 22.5. The van der Waals surface area contributed by atoms with E-state index in [4.69, 9.17) is 9.53 Å². The van der Waals surface area contributed by atoms with Gasteiger partial charge >= 0.3 is 0 Å². The van der Waals surface area contributed by atoms with Crippen LogP contribution in [0.15, 0.2) is 103 Å². The van der Waals surface area contributed by atoms with Gasteiger partial charge in [-0.15, -0.1) is 0 Å². The predicted molar refractivity (Wildman–Crippen MR) is 153 cm³/mol. The molecule has 0 saturated carbocycles. The Balaban J connectivity index is 1.65. The van der Waals surface area contributed by atoms with E-state index in [0.717, 1.165) is 32.3 Å². The van der Waals surface area contributed by atoms with Crippen molar-refractivity contribution in [2.75, 3.05) is 13.2 Å². The molecule has 3 aromatic rings. The van der Waals surface area contributed by atoms with Crippen LogP contribution < -0.4 is 10.4 Å². The summed E-state index contributed by atoms with van der Waals surface area (Å²) in [6.45, 7) is 7.85. The zero-order chi connectivity index (χ0) is 25.0. The average molecular weight is 485 g/mol. The molecule has 0 spiro atoms. The van der Waals surface area contributed by atoms with Gasteiger partial charge in [-0.25, -0.2) is 0 Å². The molecule has 0 aliphatic heterocycles. The lowest BCUT2D eigenvalue weighted by Crippen LogP contribution is -2.66. The third-order valence-electron chi connectivity index (χ3n) is 6.51. The highest BCUT2D eigenvalue weighted by molar-refractivity contribution is 6.99. The van der Waals surface area contributed by atoms with Crippen molar-refractivity contribution in [2.24, 2.45) is 0 Å². The normalized spacial score (nSPS) is 12.6. The first-order valence-electron chi connectivity index (χ1n) is 12.8. The van der Waals surface area contributed by atoms with Crippen LogP contribution in [0, 0.1) is 0 Å². The minimum Gasteiger partial charge on any atom is -0.407 e. The van der Waals surface area contributed by atoms with Gasteiger partial charge in [0, 0.05) is 6.61 Å². The summed E-state index contributed by atoms with van der Waals surface area (Å²) < 4.78 is 7.02. The standard InChI is InChI=1S/C32H40O2Si/c1-32(2,3)35(30-22-10-4-11-23-30,31-24-12-5-13-25-31)34-27-17-7-9-19-29-21-15-14-20-28(29)18-8-6-16-26-33/h4-6,8,10-16,18,20-25,33H,7,9,17,19,26-27H2,1-3H3. The van der Waals surface area contributed by atoms with Crippen LogP contribution in [0.1, 0.15) is 51.2 Å². The first kappa shape index (κ1) is 26.9. The number of hydrogen-bond acceptors (Lipinski definition) is 2. The number of hydrogen-bond donors (Lipinski definition) is 1. The van der Waals surface area contributed by atoms with Crippen molar-refractivity contribution in [2.45, 2.75) is 51.5 Å². The van der Waals surface area contributed by atoms with Crippen molar-refractivity contribution in [1.29, 1.82) is 0 Å². The lowest BCUT2D eigenvalue weighted by atomic mass is 10.0. The molecular formula is C32H40O2Si. The third-order valence-corrected chi connectivity index (χ3v) is 11.6. The summed E-state index contributed by atoms with van der Waals surface area (Å²) >= 11 is 0. The largest absolute Gasteiger partial charge is 0.407 e. The number of unbranched alkanes of at least 4 members (excludes halogenated alkanes) is 2. The predicted octanol–water partition coefficient (Wildman–Crippen LogP) is 6.54. The quantitative estimate of drug-likeness (QED) is 0.180. The van der Waals surface area contributed by atoms with Crippen LogP contribution in [0.3, 0.4) is 0 Å². The van der Waals surface area contributed by atoms with E-state index in [9.17, 15) is 0 Å². The van der Waals surface area contributed by atoms with Crippen LogP contribution in [0.4, 0.5) is 0 Å². The van der Waals surface area contributed by atoms with E-state index < -0.39 is 8.32 Å². The van der Waals surface area contributed by atoms with Gasteiger partial charge in [0.25, 0.3) is 8.32 Å². The Bertz CT molecular complexity index is 1030. The summed E-state index contributed by atoms with van der Waals surface area (Å²) in [4.78, 5) is 0. The Kier molecular flexibility index (Phi) is 10.3. The molecule has 0 unspecified atom stereocenters. The van der Waals surface area contributed by atoms with Crippen LogP contribution in [0.25, 0.3) is 6.08 Å². The van der Waals surface area contributed by atoms with E-state index in [2.05, 4.69) is 112 Å². The molecule has 1 N–H and O–H groups in total. The van der Waals surface area contributed by atoms with Gasteiger partial charge in [-0.2, -0.15) is 0 Å². The summed E-state index contributed by atoms with van der Waals surface area (Å²) in [5.41, 5.74) is 2.62. The summed E-state index contributed by atoms with van der Waals surface area (Å²) in [5.74, 6) is 0. The fraction of sp³-hybridized carbons (Fsp3) is 0.312. The molecule has 0 aliphatic carbocycles. The van der Waals surface area contributed by atoms with Gasteiger partial charge in [-0.05, 0) is 45.8 Å². The Morgan fingerprint density at radius 1 is 0.743 bits per heavy atom. The monoisotopic (exact) mass is 484 g/mol. The molecule has 0 heterocycles. The maximum Gasteiger partial charge on any atom is 0.261 e. The molecule has 3 aromatic carbocycles. The molecular weight excluding hydrogens is 444 g/mol. The number of aliphatic hydroxyl groups excluding tert-OH is 1. The van der Waals surface area contributed by atoms with Gasteiger partial charge in [0.1, 0.15) is 0 Å². The Labute approximate surface area is 213 Å². The van der Waals surface area contributed by atoms with Gasteiger partial charge in [0.15, 0.2) is 0 Å². The molecule has 0 saturated heterocycles. The molecule has 35 heavy (non-hydrogen) atoms. The van der Waals surface area contributed by atoms with E-state index in [0.29, 0.717) is 0 Å². The fourth-order valence-electron chi connectivity index (χ4n) is 4.80. The molecule has 0 fully saturated rings. The number of aliphatic hydroxyl groups is 1. The molecule has 0 aromatic heterocycles. The van der Waals surface area contributed by atoms with Crippen molar-refractivity contribution in [3.05, 3.63) is 114 Å². The second kappa shape index (κ2) is 13.4. The molecule has 3 rings (SSSR count). The Morgan fingerprint density at radius 2 is 1.34 bits per heavy atom. The van der Waals surface area contributed by atoms with Crippen molar-refractivity contribution in [3.8, 4) is 0 Å². The van der Waals surface area contributed by atoms with Crippen molar-refractivity contribution >= 4 is 24.8 Å². The lowest BCUT2D eigenvalue weighted by Gasteiger charge is -2.43. The number of rotatable bonds is 12. The van der Waals surface area contributed by atoms with E-state index >= 15 is 0 Å². The van der Waals surface area contributed by atoms with Crippen LogP contribution in [0.5, 0.6) is 0 Å². The summed E-state index contributed by atoms with van der Waals surface area (Å²) in [6, 6.07) is 30.3. The highest BCUT2D eigenvalue weighted by atomic mass is 28.4.